The number of carboxylic acids is 1. The number of nitrogens with zero attached hydrogens (tertiary/aromatic N) is 1. The van der Waals surface area contributed by atoms with Gasteiger partial charge >= 0.3 is 5.97 Å². The van der Waals surface area contributed by atoms with E-state index in [2.05, 4.69) is 11.9 Å². The maximum atomic E-state index is 14.9. The number of pyridine rings is 1. The number of rotatable bonds is 8. The first-order valence-electron chi connectivity index (χ1n) is 11.3. The van der Waals surface area contributed by atoms with Crippen LogP contribution in [0, 0.1) is 0 Å². The molecule has 0 radical (unpaired) electrons. The Morgan fingerprint density at radius 2 is 2.00 bits per heavy atom. The van der Waals surface area contributed by atoms with Crippen LogP contribution in [0.5, 0.6) is 5.75 Å². The van der Waals surface area contributed by atoms with Gasteiger partial charge in [0, 0.05) is 29.0 Å². The maximum Gasteiger partial charge on any atom is 0.346 e. The summed E-state index contributed by atoms with van der Waals surface area (Å²) in [7, 11) is 0. The summed E-state index contributed by atoms with van der Waals surface area (Å²) in [5.74, 6) is -3.55. The highest BCUT2D eigenvalue weighted by atomic mass is 32.1. The van der Waals surface area contributed by atoms with Gasteiger partial charge in [0.15, 0.2) is 0 Å². The zero-order valence-corrected chi connectivity index (χ0v) is 19.6. The predicted octanol–water partition coefficient (Wildman–Crippen LogP) is 7.91. The van der Waals surface area contributed by atoms with Crippen LogP contribution in [0.15, 0.2) is 36.4 Å². The van der Waals surface area contributed by atoms with Gasteiger partial charge in [0.1, 0.15) is 15.5 Å². The van der Waals surface area contributed by atoms with Crippen molar-refractivity contribution in [1.82, 2.24) is 4.98 Å². The van der Waals surface area contributed by atoms with E-state index in [4.69, 9.17) is 4.74 Å². The Labute approximate surface area is 195 Å². The fourth-order valence-corrected chi connectivity index (χ4v) is 5.24. The molecule has 0 bridgehead atoms. The van der Waals surface area contributed by atoms with Crippen molar-refractivity contribution in [2.75, 3.05) is 6.61 Å². The van der Waals surface area contributed by atoms with Crippen molar-refractivity contribution < 1.29 is 23.4 Å². The van der Waals surface area contributed by atoms with Gasteiger partial charge in [-0.15, -0.1) is 11.3 Å². The largest absolute Gasteiger partial charge is 0.494 e. The summed E-state index contributed by atoms with van der Waals surface area (Å²) < 4.78 is 35.4. The van der Waals surface area contributed by atoms with E-state index in [-0.39, 0.29) is 15.8 Å². The molecule has 0 fully saturated rings. The van der Waals surface area contributed by atoms with E-state index < -0.39 is 11.9 Å². The number of thiophene rings is 1. The van der Waals surface area contributed by atoms with Crippen LogP contribution >= 0.6 is 11.3 Å². The van der Waals surface area contributed by atoms with E-state index >= 15 is 0 Å². The zero-order valence-electron chi connectivity index (χ0n) is 18.8. The van der Waals surface area contributed by atoms with Crippen LogP contribution in [0.3, 0.4) is 0 Å². The summed E-state index contributed by atoms with van der Waals surface area (Å²) in [4.78, 5) is 17.1. The summed E-state index contributed by atoms with van der Waals surface area (Å²) in [6.45, 7) is 3.57. The van der Waals surface area contributed by atoms with Crippen molar-refractivity contribution in [2.24, 2.45) is 0 Å². The van der Waals surface area contributed by atoms with Crippen LogP contribution in [-0.2, 0) is 5.92 Å². The first kappa shape index (κ1) is 23.4. The van der Waals surface area contributed by atoms with Crippen LogP contribution in [0.25, 0.3) is 27.0 Å². The van der Waals surface area contributed by atoms with Crippen LogP contribution in [0.4, 0.5) is 8.78 Å². The summed E-state index contributed by atoms with van der Waals surface area (Å²) in [5, 5.41) is 10.1. The van der Waals surface area contributed by atoms with Gasteiger partial charge < -0.3 is 9.84 Å². The number of allylic oxidation sites excluding steroid dienone is 2. The molecule has 0 amide bonds. The fourth-order valence-electron chi connectivity index (χ4n) is 4.17. The lowest BCUT2D eigenvalue weighted by Gasteiger charge is -2.18. The highest BCUT2D eigenvalue weighted by molar-refractivity contribution is 7.20. The number of carboxylic acid groups (broad SMARTS) is 1. The standard InChI is InChI=1S/C26H27F2NO3S/c1-3-4-14-32-18-12-10-16(11-13-18)20-15-19(26(2,27)28)22-21(17-8-6-5-7-9-17)23(25(30)31)33-24(22)29-20/h8,10-13,15H,3-7,9,14H2,1-2H3,(H,30,31). The molecule has 7 heteroatoms. The fraction of sp³-hybridized carbons (Fsp3) is 0.385. The first-order valence-corrected chi connectivity index (χ1v) is 12.1. The van der Waals surface area contributed by atoms with E-state index in [9.17, 15) is 18.7 Å². The predicted molar refractivity (Wildman–Crippen MR) is 128 cm³/mol. The van der Waals surface area contributed by atoms with Gasteiger partial charge in [-0.1, -0.05) is 19.4 Å². The third-order valence-corrected chi connectivity index (χ3v) is 6.93. The lowest BCUT2D eigenvalue weighted by atomic mass is 9.89. The Balaban J connectivity index is 1.86. The number of aromatic carboxylic acids is 1. The van der Waals surface area contributed by atoms with Crippen LogP contribution < -0.4 is 4.74 Å². The number of alkyl halides is 2. The molecule has 0 atom stereocenters. The number of benzene rings is 1. The Hall–Kier alpha value is -2.80. The van der Waals surface area contributed by atoms with Crippen molar-refractivity contribution in [2.45, 2.75) is 58.3 Å². The van der Waals surface area contributed by atoms with E-state index in [0.717, 1.165) is 55.9 Å². The van der Waals surface area contributed by atoms with Gasteiger partial charge in [-0.25, -0.2) is 18.6 Å². The van der Waals surface area contributed by atoms with Crippen molar-refractivity contribution in [3.8, 4) is 17.0 Å². The molecule has 1 aliphatic carbocycles. The molecule has 1 aromatic carbocycles. The van der Waals surface area contributed by atoms with Crippen LogP contribution in [0.1, 0.15) is 73.2 Å². The van der Waals surface area contributed by atoms with Crippen molar-refractivity contribution in [1.29, 1.82) is 0 Å². The van der Waals surface area contributed by atoms with Crippen molar-refractivity contribution in [3.05, 3.63) is 52.4 Å². The minimum absolute atomic E-state index is 0.0768. The molecule has 0 saturated carbocycles. The maximum absolute atomic E-state index is 14.9. The van der Waals surface area contributed by atoms with E-state index in [0.29, 0.717) is 40.4 Å². The van der Waals surface area contributed by atoms with Crippen LogP contribution in [-0.4, -0.2) is 22.7 Å². The number of unbranched alkanes of at least 4 members (excludes halogenated alkanes) is 1. The molecule has 3 aromatic rings. The monoisotopic (exact) mass is 471 g/mol. The summed E-state index contributed by atoms with van der Waals surface area (Å²) in [5.41, 5.74) is 2.13. The lowest BCUT2D eigenvalue weighted by molar-refractivity contribution is 0.0190. The number of hydrogen-bond donors (Lipinski definition) is 1. The Kier molecular flexibility index (Phi) is 6.79. The minimum atomic E-state index is -3.15. The van der Waals surface area contributed by atoms with Gasteiger partial charge in [0.25, 0.3) is 5.92 Å². The quantitative estimate of drug-likeness (QED) is 0.339. The normalized spacial score (nSPS) is 14.4. The second-order valence-corrected chi connectivity index (χ2v) is 9.44. The molecule has 0 aliphatic heterocycles. The Bertz CT molecular complexity index is 1190. The van der Waals surface area contributed by atoms with Gasteiger partial charge in [-0.2, -0.15) is 0 Å². The number of fused-ring (bicyclic) bond motifs is 1. The molecule has 4 nitrogen and oxygen atoms in total. The SMILES string of the molecule is CCCCOc1ccc(-c2cc(C(C)(F)F)c3c(C4=CCCCC4)c(C(=O)O)sc3n2)cc1. The van der Waals surface area contributed by atoms with Crippen LogP contribution in [0.2, 0.25) is 0 Å². The van der Waals surface area contributed by atoms with E-state index in [1.165, 1.54) is 6.07 Å². The average Bonchev–Trinajstić information content (AvgIpc) is 3.19. The zero-order chi connectivity index (χ0) is 23.6. The third-order valence-electron chi connectivity index (χ3n) is 5.86. The number of aromatic nitrogens is 1. The molecule has 0 spiro atoms. The smallest absolute Gasteiger partial charge is 0.346 e. The Morgan fingerprint density at radius 1 is 1.24 bits per heavy atom. The van der Waals surface area contributed by atoms with E-state index in [1.54, 1.807) is 24.3 Å². The molecular weight excluding hydrogens is 444 g/mol. The van der Waals surface area contributed by atoms with E-state index in [1.807, 2.05) is 6.08 Å². The lowest BCUT2D eigenvalue weighted by Crippen LogP contribution is -2.10. The van der Waals surface area contributed by atoms with Gasteiger partial charge in [0.2, 0.25) is 0 Å². The van der Waals surface area contributed by atoms with Gasteiger partial charge in [0.05, 0.1) is 12.3 Å². The van der Waals surface area contributed by atoms with Gasteiger partial charge in [-0.3, -0.25) is 0 Å². The second kappa shape index (κ2) is 9.59. The Morgan fingerprint density at radius 3 is 2.61 bits per heavy atom. The molecule has 33 heavy (non-hydrogen) atoms. The minimum Gasteiger partial charge on any atom is -0.494 e. The van der Waals surface area contributed by atoms with Crippen molar-refractivity contribution in [3.63, 3.8) is 0 Å². The third kappa shape index (κ3) is 4.93. The molecule has 1 N–H and O–H groups in total. The highest BCUT2D eigenvalue weighted by Gasteiger charge is 2.33. The topological polar surface area (TPSA) is 59.4 Å². The summed E-state index contributed by atoms with van der Waals surface area (Å²) in [6.07, 6.45) is 7.42. The van der Waals surface area contributed by atoms with Gasteiger partial charge in [-0.05, 0) is 68.0 Å². The number of halogens is 2. The molecule has 0 saturated heterocycles. The number of carbonyl (C=O) groups is 1. The molecule has 2 heterocycles. The van der Waals surface area contributed by atoms with Crippen molar-refractivity contribution >= 4 is 33.1 Å². The molecule has 0 unspecified atom stereocenters. The second-order valence-electron chi connectivity index (χ2n) is 8.44. The first-order chi connectivity index (χ1) is 15.8. The highest BCUT2D eigenvalue weighted by Crippen LogP contribution is 2.45. The molecule has 174 valence electrons. The summed E-state index contributed by atoms with van der Waals surface area (Å²) >= 11 is 0.972. The average molecular weight is 472 g/mol. The molecule has 2 aromatic heterocycles. The molecule has 1 aliphatic rings. The summed E-state index contributed by atoms with van der Waals surface area (Å²) in [6, 6.07) is 8.60. The molecule has 4 rings (SSSR count). The number of hydrogen-bond acceptors (Lipinski definition) is 4. The molecular formula is C26H27F2NO3S. The number of ether oxygens (including phenoxy) is 1.